The molecule has 1 aromatic carbocycles. The first kappa shape index (κ1) is 16.1. The van der Waals surface area contributed by atoms with Gasteiger partial charge in [0.2, 0.25) is 0 Å². The van der Waals surface area contributed by atoms with E-state index >= 15 is 0 Å². The van der Waals surface area contributed by atoms with E-state index in [1.54, 1.807) is 11.3 Å². The van der Waals surface area contributed by atoms with Gasteiger partial charge in [0, 0.05) is 17.8 Å². The number of benzene rings is 1. The number of hydrogen-bond acceptors (Lipinski definition) is 5. The fourth-order valence-electron chi connectivity index (χ4n) is 3.59. The van der Waals surface area contributed by atoms with Crippen molar-refractivity contribution in [2.24, 2.45) is 0 Å². The zero-order chi connectivity index (χ0) is 17.6. The molecule has 7 heteroatoms. The highest BCUT2D eigenvalue weighted by atomic mass is 32.1. The molecule has 3 heterocycles. The smallest absolute Gasteiger partial charge is 0.322 e. The number of carbonyl (C=O) groups is 1. The number of fused-ring (bicyclic) bond motifs is 1. The Morgan fingerprint density at radius 3 is 2.96 bits per heavy atom. The average Bonchev–Trinajstić information content (AvgIpc) is 3.25. The third-order valence-electron chi connectivity index (χ3n) is 4.68. The highest BCUT2D eigenvalue weighted by Crippen LogP contribution is 2.36. The lowest BCUT2D eigenvalue weighted by Gasteiger charge is -2.25. The van der Waals surface area contributed by atoms with Gasteiger partial charge in [-0.3, -0.25) is 0 Å². The van der Waals surface area contributed by atoms with Crippen LogP contribution in [-0.2, 0) is 0 Å². The number of aromatic nitrogens is 2. The second-order valence-electron chi connectivity index (χ2n) is 6.43. The van der Waals surface area contributed by atoms with Gasteiger partial charge in [-0.05, 0) is 51.8 Å². The Morgan fingerprint density at radius 2 is 2.20 bits per heavy atom. The Balaban J connectivity index is 1.56. The van der Waals surface area contributed by atoms with Crippen molar-refractivity contribution in [3.8, 4) is 0 Å². The third kappa shape index (κ3) is 2.89. The molecule has 2 amide bonds. The summed E-state index contributed by atoms with van der Waals surface area (Å²) in [4.78, 5) is 19.2. The molecule has 0 bridgehead atoms. The van der Waals surface area contributed by atoms with Crippen LogP contribution in [0.2, 0.25) is 0 Å². The number of nitrogens with zero attached hydrogens (tertiary/aromatic N) is 3. The summed E-state index contributed by atoms with van der Waals surface area (Å²) in [6, 6.07) is 5.80. The summed E-state index contributed by atoms with van der Waals surface area (Å²) in [6.45, 7) is 6.56. The van der Waals surface area contributed by atoms with E-state index in [0.717, 1.165) is 57.3 Å². The molecule has 0 spiro atoms. The van der Waals surface area contributed by atoms with Gasteiger partial charge < -0.3 is 14.7 Å². The first-order chi connectivity index (χ1) is 12.0. The minimum atomic E-state index is -0.0891. The second-order valence-corrected chi connectivity index (χ2v) is 7.67. The molecule has 1 fully saturated rings. The number of urea groups is 1. The SMILES string of the molecule is Cc1nc2cc(NC(=O)N3CCC[C@H]3c3c(C)noc3C)ccc2s1. The molecule has 25 heavy (non-hydrogen) atoms. The van der Waals surface area contributed by atoms with Crippen LogP contribution in [0.15, 0.2) is 22.7 Å². The van der Waals surface area contributed by atoms with Gasteiger partial charge in [-0.1, -0.05) is 5.16 Å². The number of nitrogens with one attached hydrogen (secondary N) is 1. The summed E-state index contributed by atoms with van der Waals surface area (Å²) in [5, 5.41) is 8.08. The van der Waals surface area contributed by atoms with E-state index in [2.05, 4.69) is 15.5 Å². The lowest BCUT2D eigenvalue weighted by molar-refractivity contribution is 0.206. The number of aryl methyl sites for hydroxylation is 3. The monoisotopic (exact) mass is 356 g/mol. The number of amides is 2. The first-order valence-electron chi connectivity index (χ1n) is 8.40. The van der Waals surface area contributed by atoms with Crippen LogP contribution in [0.25, 0.3) is 10.2 Å². The maximum absolute atomic E-state index is 12.8. The average molecular weight is 356 g/mol. The summed E-state index contributed by atoms with van der Waals surface area (Å²) in [7, 11) is 0. The van der Waals surface area contributed by atoms with Crippen LogP contribution >= 0.6 is 11.3 Å². The van der Waals surface area contributed by atoms with Gasteiger partial charge in [-0.15, -0.1) is 11.3 Å². The summed E-state index contributed by atoms with van der Waals surface area (Å²) in [6.07, 6.45) is 1.91. The van der Waals surface area contributed by atoms with Crippen molar-refractivity contribution in [3.05, 3.63) is 40.2 Å². The van der Waals surface area contributed by atoms with Crippen molar-refractivity contribution in [3.63, 3.8) is 0 Å². The number of thiazole rings is 1. The van der Waals surface area contributed by atoms with Crippen LogP contribution in [-0.4, -0.2) is 27.6 Å². The van der Waals surface area contributed by atoms with Gasteiger partial charge in [0.05, 0.1) is 27.0 Å². The van der Waals surface area contributed by atoms with Gasteiger partial charge in [0.25, 0.3) is 0 Å². The van der Waals surface area contributed by atoms with Gasteiger partial charge in [0.1, 0.15) is 5.76 Å². The molecule has 1 saturated heterocycles. The van der Waals surface area contributed by atoms with Crippen molar-refractivity contribution in [2.75, 3.05) is 11.9 Å². The van der Waals surface area contributed by atoms with E-state index in [-0.39, 0.29) is 12.1 Å². The van der Waals surface area contributed by atoms with E-state index in [1.807, 2.05) is 43.9 Å². The Hall–Kier alpha value is -2.41. The quantitative estimate of drug-likeness (QED) is 0.729. The highest BCUT2D eigenvalue weighted by Gasteiger charge is 2.33. The molecular formula is C18H20N4O2S. The number of rotatable bonds is 2. The predicted octanol–water partition coefficient (Wildman–Crippen LogP) is 4.58. The van der Waals surface area contributed by atoms with Crippen LogP contribution in [0, 0.1) is 20.8 Å². The van der Waals surface area contributed by atoms with Crippen LogP contribution < -0.4 is 5.32 Å². The molecule has 0 aliphatic carbocycles. The Morgan fingerprint density at radius 1 is 1.36 bits per heavy atom. The zero-order valence-corrected chi connectivity index (χ0v) is 15.3. The van der Waals surface area contributed by atoms with Crippen molar-refractivity contribution in [1.29, 1.82) is 0 Å². The summed E-state index contributed by atoms with van der Waals surface area (Å²) < 4.78 is 6.42. The topological polar surface area (TPSA) is 71.3 Å². The predicted molar refractivity (Wildman–Crippen MR) is 98.0 cm³/mol. The molecule has 0 unspecified atom stereocenters. The molecule has 1 N–H and O–H groups in total. The molecule has 6 nitrogen and oxygen atoms in total. The molecule has 4 rings (SSSR count). The van der Waals surface area contributed by atoms with E-state index < -0.39 is 0 Å². The Labute approximate surface area is 149 Å². The van der Waals surface area contributed by atoms with Crippen LogP contribution in [0.1, 0.15) is 40.9 Å². The molecular weight excluding hydrogens is 336 g/mol. The summed E-state index contributed by atoms with van der Waals surface area (Å²) >= 11 is 1.66. The molecule has 1 aliphatic heterocycles. The van der Waals surface area contributed by atoms with Crippen molar-refractivity contribution < 1.29 is 9.32 Å². The maximum Gasteiger partial charge on any atom is 0.322 e. The Kier molecular flexibility index (Phi) is 3.95. The molecule has 130 valence electrons. The molecule has 0 radical (unpaired) electrons. The minimum absolute atomic E-state index is 0.0245. The lowest BCUT2D eigenvalue weighted by atomic mass is 10.0. The molecule has 0 saturated carbocycles. The van der Waals surface area contributed by atoms with Gasteiger partial charge in [-0.25, -0.2) is 9.78 Å². The van der Waals surface area contributed by atoms with Crippen molar-refractivity contribution in [1.82, 2.24) is 15.0 Å². The highest BCUT2D eigenvalue weighted by molar-refractivity contribution is 7.18. The zero-order valence-electron chi connectivity index (χ0n) is 14.5. The molecule has 2 aromatic heterocycles. The number of likely N-dealkylation sites (tertiary alicyclic amines) is 1. The van der Waals surface area contributed by atoms with Gasteiger partial charge >= 0.3 is 6.03 Å². The number of anilines is 1. The molecule has 1 atom stereocenters. The van der Waals surface area contributed by atoms with Crippen LogP contribution in [0.3, 0.4) is 0 Å². The third-order valence-corrected chi connectivity index (χ3v) is 5.63. The summed E-state index contributed by atoms with van der Waals surface area (Å²) in [5.74, 6) is 0.793. The van der Waals surface area contributed by atoms with E-state index in [4.69, 9.17) is 4.52 Å². The minimum Gasteiger partial charge on any atom is -0.361 e. The second kappa shape index (κ2) is 6.15. The standard InChI is InChI=1S/C18H20N4O2S/c1-10-17(11(2)24-21-10)15-5-4-8-22(15)18(23)20-13-6-7-16-14(9-13)19-12(3)25-16/h6-7,9,15H,4-5,8H2,1-3H3,(H,20,23)/t15-/m0/s1. The van der Waals surface area contributed by atoms with Crippen molar-refractivity contribution >= 4 is 33.3 Å². The van der Waals surface area contributed by atoms with Gasteiger partial charge in [-0.2, -0.15) is 0 Å². The van der Waals surface area contributed by atoms with Crippen LogP contribution in [0.5, 0.6) is 0 Å². The van der Waals surface area contributed by atoms with Crippen molar-refractivity contribution in [2.45, 2.75) is 39.7 Å². The fourth-order valence-corrected chi connectivity index (χ4v) is 4.40. The number of hydrogen-bond donors (Lipinski definition) is 1. The first-order valence-corrected chi connectivity index (χ1v) is 9.22. The van der Waals surface area contributed by atoms with Gasteiger partial charge in [0.15, 0.2) is 0 Å². The molecule has 3 aromatic rings. The normalized spacial score (nSPS) is 17.4. The largest absolute Gasteiger partial charge is 0.361 e. The molecule has 1 aliphatic rings. The van der Waals surface area contributed by atoms with E-state index in [1.165, 1.54) is 0 Å². The Bertz CT molecular complexity index is 926. The van der Waals surface area contributed by atoms with Crippen LogP contribution in [0.4, 0.5) is 10.5 Å². The fraction of sp³-hybridized carbons (Fsp3) is 0.389. The van der Waals surface area contributed by atoms with E-state index in [9.17, 15) is 4.79 Å². The summed E-state index contributed by atoms with van der Waals surface area (Å²) in [5.41, 5.74) is 3.59. The van der Waals surface area contributed by atoms with E-state index in [0.29, 0.717) is 0 Å². The number of carbonyl (C=O) groups excluding carboxylic acids is 1. The maximum atomic E-state index is 12.8. The lowest BCUT2D eigenvalue weighted by Crippen LogP contribution is -2.34.